The monoisotopic (exact) mass is 530 g/mol. The van der Waals surface area contributed by atoms with Gasteiger partial charge >= 0.3 is 6.18 Å². The molecule has 1 amide bonds. The van der Waals surface area contributed by atoms with E-state index in [1.54, 1.807) is 24.3 Å². The molecule has 1 heterocycles. The van der Waals surface area contributed by atoms with Crippen molar-refractivity contribution < 1.29 is 37.3 Å². The lowest BCUT2D eigenvalue weighted by molar-refractivity contribution is -0.137. The molecule has 0 bridgehead atoms. The Hall–Kier alpha value is -2.37. The summed E-state index contributed by atoms with van der Waals surface area (Å²) in [6.07, 6.45) is -5.68. The Morgan fingerprint density at radius 1 is 1.28 bits per heavy atom. The number of hydrogen-bond acceptors (Lipinski definition) is 6. The van der Waals surface area contributed by atoms with Crippen LogP contribution in [-0.4, -0.2) is 92.7 Å². The molecule has 1 aliphatic heterocycles. The standard InChI is InChI=1S/C25H30ClF3N2O5/c1-34-11-10-31(24(33)18-3-2-4-19(13-18)25(27,28)29)16-23-15-30(9-12-35-23)14-21(32)17-36-22-7-5-20(26)6-8-22/h2-8,13,21,23,32H,9-12,14-17H2,1H3. The number of amides is 1. The number of ether oxygens (including phenoxy) is 3. The van der Waals surface area contributed by atoms with Gasteiger partial charge in [-0.05, 0) is 42.5 Å². The number of aliphatic hydroxyl groups excluding tert-OH is 1. The van der Waals surface area contributed by atoms with Gasteiger partial charge < -0.3 is 24.2 Å². The van der Waals surface area contributed by atoms with E-state index in [-0.39, 0.29) is 38.0 Å². The second kappa shape index (κ2) is 13.3. The predicted octanol–water partition coefficient (Wildman–Crippen LogP) is 3.59. The predicted molar refractivity (Wildman–Crippen MR) is 128 cm³/mol. The van der Waals surface area contributed by atoms with Crippen LogP contribution in [0.5, 0.6) is 5.75 Å². The average Bonchev–Trinajstić information content (AvgIpc) is 2.85. The van der Waals surface area contributed by atoms with E-state index in [9.17, 15) is 23.1 Å². The first-order valence-corrected chi connectivity index (χ1v) is 11.9. The molecule has 198 valence electrons. The van der Waals surface area contributed by atoms with Crippen molar-refractivity contribution in [2.45, 2.75) is 18.4 Å². The SMILES string of the molecule is COCCN(CC1CN(CC(O)COc2ccc(Cl)cc2)CCO1)C(=O)c1cccc(C(F)(F)F)c1. The van der Waals surface area contributed by atoms with E-state index >= 15 is 0 Å². The van der Waals surface area contributed by atoms with Gasteiger partial charge in [-0.3, -0.25) is 9.69 Å². The van der Waals surface area contributed by atoms with Gasteiger partial charge in [0.2, 0.25) is 0 Å². The summed E-state index contributed by atoms with van der Waals surface area (Å²) >= 11 is 5.86. The zero-order valence-corrected chi connectivity index (χ0v) is 20.7. The number of halogens is 4. The van der Waals surface area contributed by atoms with Crippen molar-refractivity contribution in [2.24, 2.45) is 0 Å². The minimum atomic E-state index is -4.54. The summed E-state index contributed by atoms with van der Waals surface area (Å²) in [6.45, 7) is 2.46. The molecule has 0 radical (unpaired) electrons. The molecule has 0 spiro atoms. The second-order valence-corrected chi connectivity index (χ2v) is 8.93. The molecular formula is C25H30ClF3N2O5. The van der Waals surface area contributed by atoms with Gasteiger partial charge in [-0.1, -0.05) is 17.7 Å². The Labute approximate surface area is 213 Å². The number of β-amino-alcohol motifs (C(OH)–C–C–N with tert-alkyl or cyclic N) is 1. The minimum Gasteiger partial charge on any atom is -0.491 e. The number of carbonyl (C=O) groups excluding carboxylic acids is 1. The maximum atomic E-state index is 13.1. The van der Waals surface area contributed by atoms with Crippen LogP contribution in [0.4, 0.5) is 13.2 Å². The van der Waals surface area contributed by atoms with Crippen LogP contribution in [0.25, 0.3) is 0 Å². The fraction of sp³-hybridized carbons (Fsp3) is 0.480. The van der Waals surface area contributed by atoms with Crippen molar-refractivity contribution in [1.29, 1.82) is 0 Å². The minimum absolute atomic E-state index is 0.0524. The summed E-state index contributed by atoms with van der Waals surface area (Å²) in [6, 6.07) is 11.2. The van der Waals surface area contributed by atoms with Crippen molar-refractivity contribution >= 4 is 17.5 Å². The molecule has 0 aliphatic carbocycles. The van der Waals surface area contributed by atoms with Gasteiger partial charge in [0.25, 0.3) is 5.91 Å². The Morgan fingerprint density at radius 2 is 2.03 bits per heavy atom. The number of alkyl halides is 3. The molecule has 1 saturated heterocycles. The summed E-state index contributed by atoms with van der Waals surface area (Å²) < 4.78 is 55.9. The normalized spacial score (nSPS) is 17.6. The van der Waals surface area contributed by atoms with Crippen LogP contribution in [0.1, 0.15) is 15.9 Å². The van der Waals surface area contributed by atoms with E-state index in [0.29, 0.717) is 37.0 Å². The maximum Gasteiger partial charge on any atom is 0.416 e. The first-order valence-electron chi connectivity index (χ1n) is 11.5. The summed E-state index contributed by atoms with van der Waals surface area (Å²) in [5, 5.41) is 11.0. The highest BCUT2D eigenvalue weighted by Gasteiger charge is 2.32. The molecule has 1 fully saturated rings. The Bertz CT molecular complexity index is 977. The van der Waals surface area contributed by atoms with Crippen molar-refractivity contribution in [3.8, 4) is 5.75 Å². The highest BCUT2D eigenvalue weighted by atomic mass is 35.5. The summed E-state index contributed by atoms with van der Waals surface area (Å²) in [4.78, 5) is 16.5. The third-order valence-corrected chi connectivity index (χ3v) is 5.91. The topological polar surface area (TPSA) is 71.5 Å². The van der Waals surface area contributed by atoms with Crippen LogP contribution < -0.4 is 4.74 Å². The van der Waals surface area contributed by atoms with Crippen LogP contribution in [0.15, 0.2) is 48.5 Å². The molecule has 0 aromatic heterocycles. The third kappa shape index (κ3) is 8.63. The first-order chi connectivity index (χ1) is 17.2. The van der Waals surface area contributed by atoms with Gasteiger partial charge in [0.15, 0.2) is 0 Å². The summed E-state index contributed by atoms with van der Waals surface area (Å²) in [7, 11) is 1.49. The number of aliphatic hydroxyl groups is 1. The van der Waals surface area contributed by atoms with Crippen molar-refractivity contribution in [1.82, 2.24) is 9.80 Å². The molecule has 0 saturated carbocycles. The lowest BCUT2D eigenvalue weighted by atomic mass is 10.1. The fourth-order valence-electron chi connectivity index (χ4n) is 3.86. The number of morpholine rings is 1. The quantitative estimate of drug-likeness (QED) is 0.479. The number of benzene rings is 2. The first kappa shape index (κ1) is 28.2. The molecule has 2 unspecified atom stereocenters. The Morgan fingerprint density at radius 3 is 2.72 bits per heavy atom. The van der Waals surface area contributed by atoms with E-state index in [1.165, 1.54) is 24.1 Å². The molecule has 1 aliphatic rings. The van der Waals surface area contributed by atoms with Gasteiger partial charge in [0.1, 0.15) is 18.5 Å². The number of methoxy groups -OCH3 is 1. The highest BCUT2D eigenvalue weighted by molar-refractivity contribution is 6.30. The Balaban J connectivity index is 1.57. The highest BCUT2D eigenvalue weighted by Crippen LogP contribution is 2.29. The molecular weight excluding hydrogens is 501 g/mol. The van der Waals surface area contributed by atoms with E-state index in [1.807, 2.05) is 4.90 Å². The lowest BCUT2D eigenvalue weighted by Crippen LogP contribution is -2.51. The number of nitrogens with zero attached hydrogens (tertiary/aromatic N) is 2. The lowest BCUT2D eigenvalue weighted by Gasteiger charge is -2.36. The second-order valence-electron chi connectivity index (χ2n) is 8.49. The van der Waals surface area contributed by atoms with Crippen LogP contribution in [-0.2, 0) is 15.7 Å². The van der Waals surface area contributed by atoms with Crippen molar-refractivity contribution in [3.63, 3.8) is 0 Å². The molecule has 2 atom stereocenters. The molecule has 1 N–H and O–H groups in total. The molecule has 2 aromatic carbocycles. The van der Waals surface area contributed by atoms with Crippen LogP contribution in [0, 0.1) is 0 Å². The molecule has 36 heavy (non-hydrogen) atoms. The number of hydrogen-bond donors (Lipinski definition) is 1. The number of carbonyl (C=O) groups is 1. The van der Waals surface area contributed by atoms with E-state index in [4.69, 9.17) is 25.8 Å². The van der Waals surface area contributed by atoms with Crippen molar-refractivity contribution in [3.05, 3.63) is 64.7 Å². The molecule has 3 rings (SSSR count). The summed E-state index contributed by atoms with van der Waals surface area (Å²) in [5.74, 6) is 0.0652. The van der Waals surface area contributed by atoms with Crippen LogP contribution >= 0.6 is 11.6 Å². The third-order valence-electron chi connectivity index (χ3n) is 5.66. The van der Waals surface area contributed by atoms with E-state index in [0.717, 1.165) is 12.1 Å². The van der Waals surface area contributed by atoms with Gasteiger partial charge in [0, 0.05) is 50.4 Å². The Kier molecular flexibility index (Phi) is 10.4. The van der Waals surface area contributed by atoms with Gasteiger partial charge in [-0.2, -0.15) is 13.2 Å². The zero-order chi connectivity index (χ0) is 26.1. The maximum absolute atomic E-state index is 13.1. The van der Waals surface area contributed by atoms with Crippen LogP contribution in [0.3, 0.4) is 0 Å². The van der Waals surface area contributed by atoms with Crippen molar-refractivity contribution in [2.75, 3.05) is 59.7 Å². The van der Waals surface area contributed by atoms with Gasteiger partial charge in [0.05, 0.1) is 24.9 Å². The summed E-state index contributed by atoms with van der Waals surface area (Å²) in [5.41, 5.74) is -0.932. The van der Waals surface area contributed by atoms with E-state index in [2.05, 4.69) is 0 Å². The fourth-order valence-corrected chi connectivity index (χ4v) is 3.99. The zero-order valence-electron chi connectivity index (χ0n) is 19.9. The average molecular weight is 531 g/mol. The molecule has 7 nitrogen and oxygen atoms in total. The number of rotatable bonds is 11. The van der Waals surface area contributed by atoms with Gasteiger partial charge in [-0.15, -0.1) is 0 Å². The molecule has 2 aromatic rings. The molecule has 11 heteroatoms. The largest absolute Gasteiger partial charge is 0.491 e. The van der Waals surface area contributed by atoms with Crippen LogP contribution in [0.2, 0.25) is 5.02 Å². The van der Waals surface area contributed by atoms with E-state index < -0.39 is 23.8 Å². The smallest absolute Gasteiger partial charge is 0.416 e. The van der Waals surface area contributed by atoms with Gasteiger partial charge in [-0.25, -0.2) is 0 Å².